The van der Waals surface area contributed by atoms with Crippen molar-refractivity contribution in [1.82, 2.24) is 9.88 Å². The number of halogens is 1. The zero-order valence-corrected chi connectivity index (χ0v) is 14.1. The molecule has 0 aromatic carbocycles. The van der Waals surface area contributed by atoms with Crippen molar-refractivity contribution in [3.8, 4) is 0 Å². The maximum Gasteiger partial charge on any atom is 0.239 e. The Bertz CT molecular complexity index is 406. The molecule has 0 radical (unpaired) electrons. The molecule has 0 aliphatic rings. The van der Waals surface area contributed by atoms with Crippen LogP contribution in [-0.2, 0) is 4.79 Å². The van der Waals surface area contributed by atoms with E-state index in [9.17, 15) is 4.79 Å². The number of hydrogen-bond donors (Lipinski definition) is 1. The van der Waals surface area contributed by atoms with Crippen molar-refractivity contribution in [3.63, 3.8) is 0 Å². The molecule has 1 heterocycles. The molecule has 0 aliphatic heterocycles. The van der Waals surface area contributed by atoms with E-state index in [1.807, 2.05) is 6.07 Å². The Morgan fingerprint density at radius 3 is 2.70 bits per heavy atom. The molecular weight excluding hydrogens is 318 g/mol. The Morgan fingerprint density at radius 1 is 1.40 bits per heavy atom. The normalized spacial score (nSPS) is 11.1. The number of rotatable bonds is 8. The first kappa shape index (κ1) is 17.1. The van der Waals surface area contributed by atoms with Crippen molar-refractivity contribution in [2.45, 2.75) is 46.1 Å². The van der Waals surface area contributed by atoms with Crippen LogP contribution < -0.4 is 5.32 Å². The van der Waals surface area contributed by atoms with Crippen molar-refractivity contribution < 1.29 is 4.79 Å². The molecule has 1 aromatic heterocycles. The fourth-order valence-electron chi connectivity index (χ4n) is 1.90. The third-order valence-corrected chi connectivity index (χ3v) is 3.59. The molecule has 1 amide bonds. The van der Waals surface area contributed by atoms with Gasteiger partial charge in [-0.2, -0.15) is 0 Å². The van der Waals surface area contributed by atoms with E-state index in [-0.39, 0.29) is 5.91 Å². The highest BCUT2D eigenvalue weighted by Gasteiger charge is 2.13. The van der Waals surface area contributed by atoms with E-state index in [1.54, 1.807) is 12.3 Å². The summed E-state index contributed by atoms with van der Waals surface area (Å²) in [6.07, 6.45) is 5.22. The van der Waals surface area contributed by atoms with Crippen molar-refractivity contribution in [2.75, 3.05) is 18.4 Å². The molecule has 0 aliphatic carbocycles. The minimum absolute atomic E-state index is 0.00924. The number of unbranched alkanes of at least 4 members (excludes halogenated alkanes) is 2. The van der Waals surface area contributed by atoms with Gasteiger partial charge in [0, 0.05) is 16.7 Å². The lowest BCUT2D eigenvalue weighted by Gasteiger charge is -2.25. The summed E-state index contributed by atoms with van der Waals surface area (Å²) in [6.45, 7) is 7.81. The number of hydrogen-bond acceptors (Lipinski definition) is 3. The molecule has 1 aromatic rings. The molecule has 112 valence electrons. The van der Waals surface area contributed by atoms with Crippen LogP contribution in [0.2, 0.25) is 0 Å². The third-order valence-electron chi connectivity index (χ3n) is 3.12. The zero-order chi connectivity index (χ0) is 15.0. The van der Waals surface area contributed by atoms with Crippen LogP contribution in [0, 0.1) is 0 Å². The molecular formula is C15H24BrN3O. The summed E-state index contributed by atoms with van der Waals surface area (Å²) < 4.78 is 0.902. The molecule has 0 saturated carbocycles. The maximum absolute atomic E-state index is 12.0. The number of carbonyl (C=O) groups excluding carboxylic acids is 1. The summed E-state index contributed by atoms with van der Waals surface area (Å²) >= 11 is 3.32. The molecule has 0 atom stereocenters. The van der Waals surface area contributed by atoms with Crippen molar-refractivity contribution >= 4 is 27.7 Å². The Hall–Kier alpha value is -0.940. The van der Waals surface area contributed by atoms with E-state index in [0.717, 1.165) is 17.4 Å². The van der Waals surface area contributed by atoms with Gasteiger partial charge >= 0.3 is 0 Å². The number of carbonyl (C=O) groups is 1. The number of aromatic nitrogens is 1. The van der Waals surface area contributed by atoms with E-state index >= 15 is 0 Å². The van der Waals surface area contributed by atoms with Crippen LogP contribution in [-0.4, -0.2) is 34.9 Å². The van der Waals surface area contributed by atoms with Gasteiger partial charge in [0.05, 0.1) is 6.54 Å². The highest BCUT2D eigenvalue weighted by atomic mass is 79.9. The van der Waals surface area contributed by atoms with Gasteiger partial charge in [-0.1, -0.05) is 19.8 Å². The van der Waals surface area contributed by atoms with Gasteiger partial charge in [0.2, 0.25) is 5.91 Å². The van der Waals surface area contributed by atoms with Crippen LogP contribution in [0.15, 0.2) is 22.8 Å². The van der Waals surface area contributed by atoms with Crippen LogP contribution in [0.3, 0.4) is 0 Å². The summed E-state index contributed by atoms with van der Waals surface area (Å²) in [4.78, 5) is 18.4. The van der Waals surface area contributed by atoms with Gasteiger partial charge in [0.15, 0.2) is 0 Å². The fourth-order valence-corrected chi connectivity index (χ4v) is 2.14. The lowest BCUT2D eigenvalue weighted by atomic mass is 10.2. The highest BCUT2D eigenvalue weighted by molar-refractivity contribution is 9.10. The Labute approximate surface area is 130 Å². The smallest absolute Gasteiger partial charge is 0.239 e. The number of amides is 1. The molecule has 0 unspecified atom stereocenters. The van der Waals surface area contributed by atoms with Crippen molar-refractivity contribution in [2.24, 2.45) is 0 Å². The van der Waals surface area contributed by atoms with E-state index in [2.05, 4.69) is 51.9 Å². The first-order valence-corrected chi connectivity index (χ1v) is 7.97. The van der Waals surface area contributed by atoms with Crippen molar-refractivity contribution in [1.29, 1.82) is 0 Å². The Kier molecular flexibility index (Phi) is 7.77. The quantitative estimate of drug-likeness (QED) is 0.733. The molecule has 4 nitrogen and oxygen atoms in total. The molecule has 0 spiro atoms. The molecule has 20 heavy (non-hydrogen) atoms. The fraction of sp³-hybridized carbons (Fsp3) is 0.600. The predicted molar refractivity (Wildman–Crippen MR) is 86.8 cm³/mol. The van der Waals surface area contributed by atoms with E-state index in [0.29, 0.717) is 18.4 Å². The average Bonchev–Trinajstić information content (AvgIpc) is 2.40. The van der Waals surface area contributed by atoms with E-state index < -0.39 is 0 Å². The van der Waals surface area contributed by atoms with Crippen molar-refractivity contribution in [3.05, 3.63) is 22.8 Å². The van der Waals surface area contributed by atoms with Crippen LogP contribution in [0.25, 0.3) is 0 Å². The summed E-state index contributed by atoms with van der Waals surface area (Å²) in [6, 6.07) is 4.03. The van der Waals surface area contributed by atoms with Crippen LogP contribution in [0.1, 0.15) is 40.0 Å². The highest BCUT2D eigenvalue weighted by Crippen LogP contribution is 2.10. The van der Waals surface area contributed by atoms with Gasteiger partial charge < -0.3 is 5.32 Å². The number of pyridine rings is 1. The lowest BCUT2D eigenvalue weighted by Crippen LogP contribution is -2.38. The molecule has 5 heteroatoms. The SMILES string of the molecule is CCCCCN(CC(=O)Nc1ccc(Br)cn1)C(C)C. The standard InChI is InChI=1S/C15H24BrN3O/c1-4-5-6-9-19(12(2)3)11-15(20)18-14-8-7-13(16)10-17-14/h7-8,10,12H,4-6,9,11H2,1-3H3,(H,17,18,20). The Morgan fingerprint density at radius 2 is 2.15 bits per heavy atom. The first-order chi connectivity index (χ1) is 9.52. The second-order valence-electron chi connectivity index (χ2n) is 5.18. The molecule has 1 rings (SSSR count). The maximum atomic E-state index is 12.0. The number of nitrogens with one attached hydrogen (secondary N) is 1. The molecule has 0 bridgehead atoms. The largest absolute Gasteiger partial charge is 0.310 e. The summed E-state index contributed by atoms with van der Waals surface area (Å²) in [5.74, 6) is 0.584. The third kappa shape index (κ3) is 6.48. The van der Waals surface area contributed by atoms with Gasteiger partial charge in [0.25, 0.3) is 0 Å². The minimum atomic E-state index is -0.00924. The lowest BCUT2D eigenvalue weighted by molar-refractivity contribution is -0.117. The summed E-state index contributed by atoms with van der Waals surface area (Å²) in [7, 11) is 0. The van der Waals surface area contributed by atoms with Crippen LogP contribution in [0.4, 0.5) is 5.82 Å². The monoisotopic (exact) mass is 341 g/mol. The number of nitrogens with zero attached hydrogens (tertiary/aromatic N) is 2. The van der Waals surface area contributed by atoms with Gasteiger partial charge in [0.1, 0.15) is 5.82 Å². The average molecular weight is 342 g/mol. The second kappa shape index (κ2) is 9.08. The van der Waals surface area contributed by atoms with Crippen LogP contribution in [0.5, 0.6) is 0 Å². The van der Waals surface area contributed by atoms with Crippen LogP contribution >= 0.6 is 15.9 Å². The number of anilines is 1. The second-order valence-corrected chi connectivity index (χ2v) is 6.10. The van der Waals surface area contributed by atoms with Gasteiger partial charge in [-0.15, -0.1) is 0 Å². The predicted octanol–water partition coefficient (Wildman–Crippen LogP) is 3.68. The van der Waals surface area contributed by atoms with E-state index in [1.165, 1.54) is 12.8 Å². The summed E-state index contributed by atoms with van der Waals surface area (Å²) in [5, 5.41) is 2.83. The van der Waals surface area contributed by atoms with E-state index in [4.69, 9.17) is 0 Å². The van der Waals surface area contributed by atoms with Gasteiger partial charge in [-0.3, -0.25) is 9.69 Å². The minimum Gasteiger partial charge on any atom is -0.310 e. The summed E-state index contributed by atoms with van der Waals surface area (Å²) in [5.41, 5.74) is 0. The molecule has 1 N–H and O–H groups in total. The Balaban J connectivity index is 2.46. The van der Waals surface area contributed by atoms with Gasteiger partial charge in [-0.05, 0) is 54.9 Å². The molecule has 0 fully saturated rings. The first-order valence-electron chi connectivity index (χ1n) is 7.18. The molecule has 0 saturated heterocycles. The van der Waals surface area contributed by atoms with Gasteiger partial charge in [-0.25, -0.2) is 4.98 Å². The topological polar surface area (TPSA) is 45.2 Å². The zero-order valence-electron chi connectivity index (χ0n) is 12.5.